The second-order valence-electron chi connectivity index (χ2n) is 10.6. The van der Waals surface area contributed by atoms with Crippen molar-refractivity contribution in [1.82, 2.24) is 24.8 Å². The molecule has 1 aromatic carbocycles. The van der Waals surface area contributed by atoms with Crippen LogP contribution in [0, 0.1) is 0 Å². The van der Waals surface area contributed by atoms with Gasteiger partial charge in [0.2, 0.25) is 5.95 Å². The topological polar surface area (TPSA) is 111 Å². The first-order chi connectivity index (χ1) is 18.8. The molecule has 2 amide bonds. The fourth-order valence-corrected chi connectivity index (χ4v) is 4.74. The van der Waals surface area contributed by atoms with Gasteiger partial charge in [-0.2, -0.15) is 13.2 Å². The quantitative estimate of drug-likeness (QED) is 0.440. The van der Waals surface area contributed by atoms with Crippen LogP contribution in [0.5, 0.6) is 0 Å². The molecule has 3 aromatic rings. The Morgan fingerprint density at radius 2 is 1.95 bits per heavy atom. The predicted octanol–water partition coefficient (Wildman–Crippen LogP) is 4.89. The van der Waals surface area contributed by atoms with E-state index < -0.39 is 23.4 Å². The molecule has 40 heavy (non-hydrogen) atoms. The standard InChI is InChI=1S/C27H33F3N6O4/c1-26(2,3)40-25(38)35-11-7-8-16(13-35)33-24-32-12-20(27(28,29)30)21(34-24)19-14-36(15-39-5)22-17(19)9-6-10-18(22)23(37)31-4/h6,9-10,12,14,16H,7-8,11,13,15H2,1-5H3,(H,31,37)(H,32,33,34)/t16-/m0/s1. The van der Waals surface area contributed by atoms with Crippen molar-refractivity contribution in [2.75, 3.05) is 32.6 Å². The van der Waals surface area contributed by atoms with Crippen LogP contribution in [-0.2, 0) is 22.4 Å². The van der Waals surface area contributed by atoms with Crippen molar-refractivity contribution < 1.29 is 32.2 Å². The molecule has 1 atom stereocenters. The summed E-state index contributed by atoms with van der Waals surface area (Å²) < 4.78 is 54.8. The molecule has 4 rings (SSSR count). The zero-order valence-electron chi connectivity index (χ0n) is 23.1. The normalized spacial score (nSPS) is 16.2. The number of ether oxygens (including phenoxy) is 2. The Bertz CT molecular complexity index is 1400. The van der Waals surface area contributed by atoms with Gasteiger partial charge < -0.3 is 29.6 Å². The van der Waals surface area contributed by atoms with Crippen molar-refractivity contribution in [2.45, 2.75) is 58.2 Å². The Hall–Kier alpha value is -3.87. The molecular formula is C27H33F3N6O4. The van der Waals surface area contributed by atoms with E-state index in [1.54, 1.807) is 48.4 Å². The number of fused-ring (bicyclic) bond motifs is 1. The van der Waals surface area contributed by atoms with Gasteiger partial charge in [-0.1, -0.05) is 12.1 Å². The lowest BCUT2D eigenvalue weighted by molar-refractivity contribution is -0.137. The molecule has 2 N–H and O–H groups in total. The monoisotopic (exact) mass is 562 g/mol. The number of piperidine rings is 1. The number of anilines is 1. The molecule has 2 aromatic heterocycles. The molecule has 1 aliphatic heterocycles. The van der Waals surface area contributed by atoms with Gasteiger partial charge in [0.1, 0.15) is 17.9 Å². The highest BCUT2D eigenvalue weighted by molar-refractivity contribution is 6.09. The van der Waals surface area contributed by atoms with E-state index in [-0.39, 0.29) is 48.0 Å². The minimum atomic E-state index is -4.74. The highest BCUT2D eigenvalue weighted by atomic mass is 19.4. The minimum absolute atomic E-state index is 0.00459. The molecule has 0 unspecified atom stereocenters. The number of nitrogens with one attached hydrogen (secondary N) is 2. The number of aromatic nitrogens is 3. The second-order valence-corrected chi connectivity index (χ2v) is 10.6. The highest BCUT2D eigenvalue weighted by Gasteiger charge is 2.37. The van der Waals surface area contributed by atoms with E-state index in [0.717, 1.165) is 6.20 Å². The largest absolute Gasteiger partial charge is 0.444 e. The summed E-state index contributed by atoms with van der Waals surface area (Å²) in [7, 11) is 2.93. The van der Waals surface area contributed by atoms with Crippen LogP contribution < -0.4 is 10.6 Å². The van der Waals surface area contributed by atoms with Gasteiger partial charge in [-0.3, -0.25) is 4.79 Å². The maximum Gasteiger partial charge on any atom is 0.419 e. The third-order valence-electron chi connectivity index (χ3n) is 6.39. The van der Waals surface area contributed by atoms with Crippen LogP contribution in [0.2, 0.25) is 0 Å². The third kappa shape index (κ3) is 6.30. The molecule has 0 spiro atoms. The van der Waals surface area contributed by atoms with Gasteiger partial charge in [-0.25, -0.2) is 14.8 Å². The van der Waals surface area contributed by atoms with Crippen molar-refractivity contribution in [3.63, 3.8) is 0 Å². The number of halogens is 3. The Morgan fingerprint density at radius 1 is 1.20 bits per heavy atom. The molecule has 10 nitrogen and oxygen atoms in total. The van der Waals surface area contributed by atoms with Gasteiger partial charge in [0.05, 0.1) is 16.8 Å². The number of alkyl halides is 3. The number of hydrogen-bond donors (Lipinski definition) is 2. The lowest BCUT2D eigenvalue weighted by Crippen LogP contribution is -2.47. The van der Waals surface area contributed by atoms with Crippen molar-refractivity contribution >= 4 is 28.9 Å². The average Bonchev–Trinajstić information content (AvgIpc) is 3.25. The molecule has 1 aliphatic rings. The summed E-state index contributed by atoms with van der Waals surface area (Å²) in [5, 5.41) is 6.07. The van der Waals surface area contributed by atoms with E-state index in [2.05, 4.69) is 20.6 Å². The SMILES string of the molecule is CNC(=O)c1cccc2c(-c3nc(N[C@H]4CCCN(C(=O)OC(C)(C)C)C4)ncc3C(F)(F)F)cn(COC)c12. The lowest BCUT2D eigenvalue weighted by atomic mass is 10.0. The molecular weight excluding hydrogens is 529 g/mol. The predicted molar refractivity (Wildman–Crippen MR) is 143 cm³/mol. The summed E-state index contributed by atoms with van der Waals surface area (Å²) in [5.41, 5.74) is -1.12. The summed E-state index contributed by atoms with van der Waals surface area (Å²) in [4.78, 5) is 35.0. The van der Waals surface area contributed by atoms with Gasteiger partial charge in [-0.15, -0.1) is 0 Å². The zero-order valence-corrected chi connectivity index (χ0v) is 23.1. The maximum atomic E-state index is 14.2. The van der Waals surface area contributed by atoms with Gasteiger partial charge in [0.25, 0.3) is 5.91 Å². The molecule has 13 heteroatoms. The minimum Gasteiger partial charge on any atom is -0.444 e. The number of amides is 2. The molecule has 216 valence electrons. The number of benzene rings is 1. The molecule has 3 heterocycles. The number of nitrogens with zero attached hydrogens (tertiary/aromatic N) is 4. The number of hydrogen-bond acceptors (Lipinski definition) is 7. The highest BCUT2D eigenvalue weighted by Crippen LogP contribution is 2.40. The van der Waals surface area contributed by atoms with E-state index in [1.807, 2.05) is 0 Å². The van der Waals surface area contributed by atoms with Gasteiger partial charge in [-0.05, 0) is 39.7 Å². The first-order valence-electron chi connectivity index (χ1n) is 12.8. The summed E-state index contributed by atoms with van der Waals surface area (Å²) in [5.74, 6) is -0.394. The maximum absolute atomic E-state index is 14.2. The van der Waals surface area contributed by atoms with Crippen LogP contribution in [0.4, 0.5) is 23.9 Å². The zero-order chi connectivity index (χ0) is 29.2. The van der Waals surface area contributed by atoms with Crippen LogP contribution in [0.15, 0.2) is 30.6 Å². The van der Waals surface area contributed by atoms with Crippen molar-refractivity contribution in [1.29, 1.82) is 0 Å². The third-order valence-corrected chi connectivity index (χ3v) is 6.39. The molecule has 0 saturated carbocycles. The van der Waals surface area contributed by atoms with Crippen molar-refractivity contribution in [3.05, 3.63) is 41.7 Å². The molecule has 1 fully saturated rings. The number of carbonyl (C=O) groups is 2. The van der Waals surface area contributed by atoms with Gasteiger partial charge in [0.15, 0.2) is 0 Å². The van der Waals surface area contributed by atoms with Crippen molar-refractivity contribution in [2.24, 2.45) is 0 Å². The van der Waals surface area contributed by atoms with E-state index >= 15 is 0 Å². The Kier molecular flexibility index (Phi) is 8.24. The van der Waals surface area contributed by atoms with E-state index in [9.17, 15) is 22.8 Å². The number of rotatable bonds is 6. The molecule has 0 bridgehead atoms. The molecule has 0 aliphatic carbocycles. The van der Waals surface area contributed by atoms with Gasteiger partial charge >= 0.3 is 12.3 Å². The summed E-state index contributed by atoms with van der Waals surface area (Å²) in [6, 6.07) is 4.54. The fraction of sp³-hybridized carbons (Fsp3) is 0.481. The summed E-state index contributed by atoms with van der Waals surface area (Å²) in [6.45, 7) is 6.15. The number of carbonyl (C=O) groups excluding carboxylic acids is 2. The number of methoxy groups -OCH3 is 1. The van der Waals surface area contributed by atoms with E-state index in [0.29, 0.717) is 30.3 Å². The Labute approximate surface area is 229 Å². The summed E-state index contributed by atoms with van der Waals surface area (Å²) in [6.07, 6.45) is -1.60. The van der Waals surface area contributed by atoms with E-state index in [4.69, 9.17) is 9.47 Å². The molecule has 0 radical (unpaired) electrons. The van der Waals surface area contributed by atoms with E-state index in [1.165, 1.54) is 20.4 Å². The van der Waals surface area contributed by atoms with Crippen molar-refractivity contribution in [3.8, 4) is 11.3 Å². The van der Waals surface area contributed by atoms with Crippen LogP contribution in [0.3, 0.4) is 0 Å². The fourth-order valence-electron chi connectivity index (χ4n) is 4.74. The first-order valence-corrected chi connectivity index (χ1v) is 12.8. The van der Waals surface area contributed by atoms with Gasteiger partial charge in [0, 0.05) is 56.6 Å². The second kappa shape index (κ2) is 11.3. The van der Waals surface area contributed by atoms with Crippen LogP contribution in [0.1, 0.15) is 49.5 Å². The smallest absolute Gasteiger partial charge is 0.419 e. The summed E-state index contributed by atoms with van der Waals surface area (Å²) >= 11 is 0. The van der Waals surface area contributed by atoms with Crippen LogP contribution >= 0.6 is 0 Å². The first kappa shape index (κ1) is 29.1. The Morgan fingerprint density at radius 3 is 2.60 bits per heavy atom. The number of likely N-dealkylation sites (tertiary alicyclic amines) is 1. The molecule has 1 saturated heterocycles. The number of para-hydroxylation sites is 1. The lowest BCUT2D eigenvalue weighted by Gasteiger charge is -2.34. The Balaban J connectivity index is 1.74. The van der Waals surface area contributed by atoms with Crippen LogP contribution in [-0.4, -0.2) is 70.3 Å². The average molecular weight is 563 g/mol. The van der Waals surface area contributed by atoms with Crippen LogP contribution in [0.25, 0.3) is 22.2 Å².